The van der Waals surface area contributed by atoms with Crippen molar-refractivity contribution in [3.05, 3.63) is 28.2 Å². The fourth-order valence-corrected chi connectivity index (χ4v) is 5.63. The highest BCUT2D eigenvalue weighted by molar-refractivity contribution is 5.81. The van der Waals surface area contributed by atoms with Crippen LogP contribution < -0.4 is 5.56 Å². The van der Waals surface area contributed by atoms with Gasteiger partial charge in [-0.2, -0.15) is 5.10 Å². The number of piperidine rings is 1. The van der Waals surface area contributed by atoms with Crippen LogP contribution in [0.15, 0.2) is 16.9 Å². The van der Waals surface area contributed by atoms with Crippen molar-refractivity contribution in [3.63, 3.8) is 0 Å². The SMILES string of the molecule is CCOC(=O)[C@@]12CC[C@@H](N3CCOCC3)C[C@H]1CCN(C(=O)CCc1ccc(=O)[nH]n1)C2. The molecule has 2 saturated heterocycles. The Bertz CT molecular complexity index is 848. The van der Waals surface area contributed by atoms with E-state index in [1.165, 1.54) is 6.07 Å². The Labute approximate surface area is 188 Å². The number of hydrogen-bond donors (Lipinski definition) is 1. The first-order valence-corrected chi connectivity index (χ1v) is 11.8. The number of H-pyrrole nitrogens is 1. The molecule has 0 radical (unpaired) electrons. The quantitative estimate of drug-likeness (QED) is 0.650. The van der Waals surface area contributed by atoms with Gasteiger partial charge in [-0.3, -0.25) is 19.3 Å². The average Bonchev–Trinajstić information content (AvgIpc) is 2.83. The highest BCUT2D eigenvalue weighted by Gasteiger charge is 2.54. The maximum Gasteiger partial charge on any atom is 0.314 e. The van der Waals surface area contributed by atoms with Crippen LogP contribution in [0.5, 0.6) is 0 Å². The third-order valence-electron chi connectivity index (χ3n) is 7.41. The molecule has 0 aromatic carbocycles. The Morgan fingerprint density at radius 3 is 2.78 bits per heavy atom. The molecular weight excluding hydrogens is 412 g/mol. The molecule has 32 heavy (non-hydrogen) atoms. The number of carbonyl (C=O) groups is 2. The van der Waals surface area contributed by atoms with E-state index in [1.807, 2.05) is 11.8 Å². The number of nitrogens with zero attached hydrogens (tertiary/aromatic N) is 3. The molecule has 1 N–H and O–H groups in total. The number of hydrogen-bond acceptors (Lipinski definition) is 7. The molecule has 0 bridgehead atoms. The maximum absolute atomic E-state index is 13.2. The molecule has 9 heteroatoms. The van der Waals surface area contributed by atoms with Crippen LogP contribution in [0.3, 0.4) is 0 Å². The molecule has 2 aliphatic heterocycles. The first-order valence-electron chi connectivity index (χ1n) is 11.8. The number of aromatic amines is 1. The van der Waals surface area contributed by atoms with Crippen molar-refractivity contribution < 1.29 is 19.1 Å². The molecule has 4 rings (SSSR count). The largest absolute Gasteiger partial charge is 0.466 e. The second kappa shape index (κ2) is 10.1. The van der Waals surface area contributed by atoms with E-state index in [2.05, 4.69) is 15.1 Å². The summed E-state index contributed by atoms with van der Waals surface area (Å²) in [6.07, 6.45) is 4.26. The number of morpholine rings is 1. The molecule has 1 saturated carbocycles. The van der Waals surface area contributed by atoms with Crippen molar-refractivity contribution in [1.82, 2.24) is 20.0 Å². The van der Waals surface area contributed by atoms with Crippen molar-refractivity contribution in [2.24, 2.45) is 11.3 Å². The summed E-state index contributed by atoms with van der Waals surface area (Å²) in [5, 5.41) is 6.39. The van der Waals surface area contributed by atoms with Gasteiger partial charge in [0.2, 0.25) is 5.91 Å². The fraction of sp³-hybridized carbons (Fsp3) is 0.739. The first kappa shape index (κ1) is 22.9. The lowest BCUT2D eigenvalue weighted by atomic mass is 9.61. The van der Waals surface area contributed by atoms with E-state index in [0.29, 0.717) is 44.3 Å². The summed E-state index contributed by atoms with van der Waals surface area (Å²) in [6, 6.07) is 3.53. The number of likely N-dealkylation sites (tertiary alicyclic amines) is 1. The van der Waals surface area contributed by atoms with Gasteiger partial charge in [0.1, 0.15) is 0 Å². The van der Waals surface area contributed by atoms with Crippen molar-refractivity contribution in [2.75, 3.05) is 46.0 Å². The van der Waals surface area contributed by atoms with Crippen LogP contribution in [0.25, 0.3) is 0 Å². The predicted molar refractivity (Wildman–Crippen MR) is 117 cm³/mol. The number of carbonyl (C=O) groups excluding carboxylic acids is 2. The van der Waals surface area contributed by atoms with Crippen LogP contribution in [0.1, 0.15) is 44.7 Å². The molecule has 3 aliphatic rings. The molecule has 1 amide bonds. The topological polar surface area (TPSA) is 105 Å². The second-order valence-electron chi connectivity index (χ2n) is 9.17. The van der Waals surface area contributed by atoms with Crippen molar-refractivity contribution in [2.45, 2.75) is 51.5 Å². The van der Waals surface area contributed by atoms with E-state index in [9.17, 15) is 14.4 Å². The van der Waals surface area contributed by atoms with E-state index < -0.39 is 5.41 Å². The second-order valence-corrected chi connectivity index (χ2v) is 9.17. The van der Waals surface area contributed by atoms with E-state index in [4.69, 9.17) is 9.47 Å². The molecular formula is C23H34N4O5. The summed E-state index contributed by atoms with van der Waals surface area (Å²) in [6.45, 7) is 6.75. The number of nitrogens with one attached hydrogen (secondary N) is 1. The molecule has 1 aromatic rings. The molecule has 9 nitrogen and oxygen atoms in total. The van der Waals surface area contributed by atoms with Crippen LogP contribution in [0.2, 0.25) is 0 Å². The first-order chi connectivity index (χ1) is 15.5. The molecule has 3 heterocycles. The molecule has 176 valence electrons. The summed E-state index contributed by atoms with van der Waals surface area (Å²) < 4.78 is 11.0. The van der Waals surface area contributed by atoms with Gasteiger partial charge in [0.05, 0.1) is 30.9 Å². The minimum Gasteiger partial charge on any atom is -0.466 e. The minimum atomic E-state index is -0.608. The number of amides is 1. The van der Waals surface area contributed by atoms with Crippen molar-refractivity contribution in [1.29, 1.82) is 0 Å². The zero-order valence-corrected chi connectivity index (χ0v) is 18.9. The number of aryl methyl sites for hydroxylation is 1. The van der Waals surface area contributed by atoms with Gasteiger partial charge in [-0.05, 0) is 44.6 Å². The number of rotatable bonds is 6. The van der Waals surface area contributed by atoms with Gasteiger partial charge in [-0.25, -0.2) is 5.10 Å². The third-order valence-corrected chi connectivity index (χ3v) is 7.41. The number of esters is 1. The number of ether oxygens (including phenoxy) is 2. The molecule has 3 fully saturated rings. The van der Waals surface area contributed by atoms with Gasteiger partial charge in [-0.15, -0.1) is 0 Å². The van der Waals surface area contributed by atoms with Gasteiger partial charge in [0, 0.05) is 51.1 Å². The monoisotopic (exact) mass is 446 g/mol. The molecule has 0 unspecified atom stereocenters. The Kier molecular flexibility index (Phi) is 7.25. The van der Waals surface area contributed by atoms with Crippen LogP contribution in [-0.4, -0.2) is 83.9 Å². The van der Waals surface area contributed by atoms with E-state index >= 15 is 0 Å². The molecule has 1 aromatic heterocycles. The summed E-state index contributed by atoms with van der Waals surface area (Å²) in [7, 11) is 0. The highest BCUT2D eigenvalue weighted by Crippen LogP contribution is 2.48. The van der Waals surface area contributed by atoms with E-state index in [0.717, 1.165) is 52.0 Å². The normalized spacial score (nSPS) is 28.7. The zero-order valence-electron chi connectivity index (χ0n) is 18.9. The van der Waals surface area contributed by atoms with Crippen LogP contribution in [0.4, 0.5) is 0 Å². The average molecular weight is 447 g/mol. The molecule has 1 aliphatic carbocycles. The zero-order chi connectivity index (χ0) is 22.6. The minimum absolute atomic E-state index is 0.0235. The number of fused-ring (bicyclic) bond motifs is 1. The summed E-state index contributed by atoms with van der Waals surface area (Å²) >= 11 is 0. The van der Waals surface area contributed by atoms with Gasteiger partial charge in [-0.1, -0.05) is 0 Å². The van der Waals surface area contributed by atoms with Gasteiger partial charge in [0.25, 0.3) is 5.56 Å². The lowest BCUT2D eigenvalue weighted by molar-refractivity contribution is -0.171. The third kappa shape index (κ3) is 4.88. The Balaban J connectivity index is 1.42. The smallest absolute Gasteiger partial charge is 0.314 e. The van der Waals surface area contributed by atoms with E-state index in [1.54, 1.807) is 6.07 Å². The summed E-state index contributed by atoms with van der Waals surface area (Å²) in [5.74, 6) is 0.105. The number of aromatic nitrogens is 2. The van der Waals surface area contributed by atoms with Crippen LogP contribution >= 0.6 is 0 Å². The van der Waals surface area contributed by atoms with Crippen molar-refractivity contribution >= 4 is 11.9 Å². The predicted octanol–water partition coefficient (Wildman–Crippen LogP) is 0.985. The molecule has 3 atom stereocenters. The Hall–Kier alpha value is -2.26. The summed E-state index contributed by atoms with van der Waals surface area (Å²) in [5.41, 5.74) is -0.187. The van der Waals surface area contributed by atoms with Gasteiger partial charge < -0.3 is 14.4 Å². The molecule has 0 spiro atoms. The Morgan fingerprint density at radius 1 is 1.25 bits per heavy atom. The van der Waals surface area contributed by atoms with E-state index in [-0.39, 0.29) is 23.4 Å². The van der Waals surface area contributed by atoms with Gasteiger partial charge >= 0.3 is 5.97 Å². The fourth-order valence-electron chi connectivity index (χ4n) is 5.63. The van der Waals surface area contributed by atoms with Crippen LogP contribution in [-0.2, 0) is 25.5 Å². The van der Waals surface area contributed by atoms with Gasteiger partial charge in [0.15, 0.2) is 0 Å². The maximum atomic E-state index is 13.2. The highest BCUT2D eigenvalue weighted by atomic mass is 16.5. The standard InChI is InChI=1S/C23H34N4O5/c1-2-32-22(30)23-9-7-19(26-11-13-31-14-12-26)15-17(23)8-10-27(16-23)21(29)6-4-18-3-5-20(28)25-24-18/h3,5,17,19H,2,4,6-16H2,1H3,(H,25,28)/t17-,19-,23-/m1/s1. The Morgan fingerprint density at radius 2 is 2.06 bits per heavy atom. The van der Waals surface area contributed by atoms with Crippen molar-refractivity contribution in [3.8, 4) is 0 Å². The lowest BCUT2D eigenvalue weighted by Crippen LogP contribution is -2.59. The summed E-state index contributed by atoms with van der Waals surface area (Å²) in [4.78, 5) is 41.7. The lowest BCUT2D eigenvalue weighted by Gasteiger charge is -2.52. The van der Waals surface area contributed by atoms with Crippen LogP contribution in [0, 0.1) is 11.3 Å².